The number of halogens is 1. The van der Waals surface area contributed by atoms with E-state index >= 15 is 0 Å². The molecule has 2 aromatic rings. The molecule has 1 amide bonds. The Kier molecular flexibility index (Phi) is 6.07. The topological polar surface area (TPSA) is 110 Å². The first-order valence-corrected chi connectivity index (χ1v) is 10.0. The maximum Gasteiger partial charge on any atom is 0.274 e. The molecule has 0 atom stereocenters. The van der Waals surface area contributed by atoms with Crippen LogP contribution in [0.4, 0.5) is 17.1 Å². The molecule has 0 aliphatic heterocycles. The molecule has 2 rings (SSSR count). The van der Waals surface area contributed by atoms with E-state index in [1.165, 1.54) is 37.3 Å². The molecule has 1 N–H and O–H groups in total. The van der Waals surface area contributed by atoms with Gasteiger partial charge in [0.1, 0.15) is 6.54 Å². The number of nitro groups is 1. The molecule has 0 radical (unpaired) electrons. The number of carbonyl (C=O) groups is 1. The molecule has 0 spiro atoms. The van der Waals surface area contributed by atoms with E-state index in [-0.39, 0.29) is 16.9 Å². The van der Waals surface area contributed by atoms with Crippen LogP contribution in [-0.2, 0) is 14.8 Å². The number of hydrogen-bond donors (Lipinski definition) is 1. The van der Waals surface area contributed by atoms with Crippen molar-refractivity contribution < 1.29 is 18.1 Å². The van der Waals surface area contributed by atoms with E-state index in [0.29, 0.717) is 16.3 Å². The predicted octanol–water partition coefficient (Wildman–Crippen LogP) is 3.27. The van der Waals surface area contributed by atoms with Gasteiger partial charge in [0.05, 0.1) is 28.1 Å². The molecule has 0 aromatic heterocycles. The predicted molar refractivity (Wildman–Crippen MR) is 105 cm³/mol. The van der Waals surface area contributed by atoms with Crippen molar-refractivity contribution in [2.75, 3.05) is 22.4 Å². The Labute approximate surface area is 162 Å². The standard InChI is InChI=1S/C17H18ClN3O5S/c1-11-9-13(18)7-8-15(11)20(27(3,25)26)10-17(22)19-14-5-4-6-16(12(14)2)21(23)24/h4-9H,10H2,1-3H3,(H,19,22). The van der Waals surface area contributed by atoms with Gasteiger partial charge in [-0.3, -0.25) is 19.2 Å². The van der Waals surface area contributed by atoms with E-state index in [1.807, 2.05) is 0 Å². The SMILES string of the molecule is Cc1cc(Cl)ccc1N(CC(=O)Nc1cccc([N+](=O)[O-])c1C)S(C)(=O)=O. The third-order valence-electron chi connectivity index (χ3n) is 3.89. The second-order valence-electron chi connectivity index (χ2n) is 5.96. The van der Waals surface area contributed by atoms with Gasteiger partial charge in [0.25, 0.3) is 5.69 Å². The van der Waals surface area contributed by atoms with Gasteiger partial charge in [-0.15, -0.1) is 0 Å². The summed E-state index contributed by atoms with van der Waals surface area (Å²) in [4.78, 5) is 22.9. The summed E-state index contributed by atoms with van der Waals surface area (Å²) in [5, 5.41) is 14.0. The zero-order chi connectivity index (χ0) is 20.4. The Morgan fingerprint density at radius 2 is 1.93 bits per heavy atom. The number of nitrogens with zero attached hydrogens (tertiary/aromatic N) is 2. The quantitative estimate of drug-likeness (QED) is 0.579. The first-order chi connectivity index (χ1) is 12.5. The maximum absolute atomic E-state index is 12.4. The van der Waals surface area contributed by atoms with Gasteiger partial charge >= 0.3 is 0 Å². The van der Waals surface area contributed by atoms with Crippen LogP contribution in [0.25, 0.3) is 0 Å². The molecular formula is C17H18ClN3O5S. The highest BCUT2D eigenvalue weighted by molar-refractivity contribution is 7.92. The molecule has 10 heteroatoms. The van der Waals surface area contributed by atoms with Crippen molar-refractivity contribution in [3.63, 3.8) is 0 Å². The van der Waals surface area contributed by atoms with Gasteiger partial charge in [-0.25, -0.2) is 8.42 Å². The second kappa shape index (κ2) is 7.93. The minimum absolute atomic E-state index is 0.138. The first kappa shape index (κ1) is 20.7. The van der Waals surface area contributed by atoms with E-state index in [9.17, 15) is 23.3 Å². The first-order valence-electron chi connectivity index (χ1n) is 7.78. The number of benzene rings is 2. The van der Waals surface area contributed by atoms with Crippen molar-refractivity contribution in [1.82, 2.24) is 0 Å². The number of carbonyl (C=O) groups excluding carboxylic acids is 1. The smallest absolute Gasteiger partial charge is 0.274 e. The van der Waals surface area contributed by atoms with Crippen LogP contribution in [0.3, 0.4) is 0 Å². The highest BCUT2D eigenvalue weighted by Gasteiger charge is 2.23. The van der Waals surface area contributed by atoms with Crippen LogP contribution in [-0.4, -0.2) is 32.0 Å². The maximum atomic E-state index is 12.4. The molecule has 0 bridgehead atoms. The molecule has 0 aliphatic carbocycles. The summed E-state index contributed by atoms with van der Waals surface area (Å²) in [5.41, 5.74) is 1.31. The zero-order valence-electron chi connectivity index (χ0n) is 14.9. The summed E-state index contributed by atoms with van der Waals surface area (Å²) in [7, 11) is -3.75. The Bertz CT molecular complexity index is 1010. The van der Waals surface area contributed by atoms with Crippen LogP contribution in [0.5, 0.6) is 0 Å². The summed E-state index contributed by atoms with van der Waals surface area (Å²) in [6.07, 6.45) is 0.993. The molecule has 0 heterocycles. The lowest BCUT2D eigenvalue weighted by molar-refractivity contribution is -0.385. The highest BCUT2D eigenvalue weighted by Crippen LogP contribution is 2.27. The molecule has 144 valence electrons. The van der Waals surface area contributed by atoms with Crippen molar-refractivity contribution >= 4 is 44.6 Å². The van der Waals surface area contributed by atoms with Crippen molar-refractivity contribution in [3.05, 3.63) is 62.7 Å². The number of sulfonamides is 1. The molecule has 2 aromatic carbocycles. The number of nitro benzene ring substituents is 1. The van der Waals surface area contributed by atoms with Gasteiger partial charge in [0, 0.05) is 11.1 Å². The van der Waals surface area contributed by atoms with E-state index in [4.69, 9.17) is 11.6 Å². The summed E-state index contributed by atoms with van der Waals surface area (Å²) in [6.45, 7) is 2.71. The molecular weight excluding hydrogens is 394 g/mol. The van der Waals surface area contributed by atoms with Crippen molar-refractivity contribution in [3.8, 4) is 0 Å². The van der Waals surface area contributed by atoms with Gasteiger partial charge in [-0.05, 0) is 43.7 Å². The summed E-state index contributed by atoms with van der Waals surface area (Å²) < 4.78 is 25.3. The number of anilines is 2. The Balaban J connectivity index is 2.31. The molecule has 0 saturated heterocycles. The molecule has 8 nitrogen and oxygen atoms in total. The number of hydrogen-bond acceptors (Lipinski definition) is 5. The summed E-state index contributed by atoms with van der Waals surface area (Å²) >= 11 is 5.90. The highest BCUT2D eigenvalue weighted by atomic mass is 35.5. The summed E-state index contributed by atoms with van der Waals surface area (Å²) in [6, 6.07) is 8.93. The van der Waals surface area contributed by atoms with E-state index in [2.05, 4.69) is 5.32 Å². The third kappa shape index (κ3) is 4.95. The fourth-order valence-corrected chi connectivity index (χ4v) is 3.70. The minimum Gasteiger partial charge on any atom is -0.324 e. The summed E-state index contributed by atoms with van der Waals surface area (Å²) in [5.74, 6) is -0.627. The van der Waals surface area contributed by atoms with E-state index < -0.39 is 27.4 Å². The zero-order valence-corrected chi connectivity index (χ0v) is 16.5. The van der Waals surface area contributed by atoms with Crippen molar-refractivity contribution in [2.24, 2.45) is 0 Å². The van der Waals surface area contributed by atoms with Crippen LogP contribution in [0.1, 0.15) is 11.1 Å². The van der Waals surface area contributed by atoms with Crippen LogP contribution in [0.15, 0.2) is 36.4 Å². The molecule has 0 saturated carbocycles. The van der Waals surface area contributed by atoms with Crippen molar-refractivity contribution in [2.45, 2.75) is 13.8 Å². The number of rotatable bonds is 6. The van der Waals surface area contributed by atoms with E-state index in [1.54, 1.807) is 13.0 Å². The lowest BCUT2D eigenvalue weighted by Gasteiger charge is -2.24. The fraction of sp³-hybridized carbons (Fsp3) is 0.235. The van der Waals surface area contributed by atoms with Gasteiger partial charge in [-0.2, -0.15) is 0 Å². The van der Waals surface area contributed by atoms with Crippen molar-refractivity contribution in [1.29, 1.82) is 0 Å². The van der Waals surface area contributed by atoms with Crippen LogP contribution in [0.2, 0.25) is 5.02 Å². The Hall–Kier alpha value is -2.65. The molecule has 0 aliphatic rings. The lowest BCUT2D eigenvalue weighted by Crippen LogP contribution is -2.38. The molecule has 0 fully saturated rings. The second-order valence-corrected chi connectivity index (χ2v) is 8.30. The van der Waals surface area contributed by atoms with Crippen LogP contribution in [0, 0.1) is 24.0 Å². The normalized spacial score (nSPS) is 11.1. The van der Waals surface area contributed by atoms with Gasteiger partial charge in [-0.1, -0.05) is 17.7 Å². The lowest BCUT2D eigenvalue weighted by atomic mass is 10.1. The monoisotopic (exact) mass is 411 g/mol. The number of aryl methyl sites for hydroxylation is 1. The average molecular weight is 412 g/mol. The number of nitrogens with one attached hydrogen (secondary N) is 1. The van der Waals surface area contributed by atoms with E-state index in [0.717, 1.165) is 10.6 Å². The average Bonchev–Trinajstić information content (AvgIpc) is 2.54. The largest absolute Gasteiger partial charge is 0.324 e. The van der Waals surface area contributed by atoms with Gasteiger partial charge < -0.3 is 5.32 Å². The minimum atomic E-state index is -3.75. The van der Waals surface area contributed by atoms with Gasteiger partial charge in [0.2, 0.25) is 15.9 Å². The Morgan fingerprint density at radius 1 is 1.26 bits per heavy atom. The molecule has 27 heavy (non-hydrogen) atoms. The van der Waals surface area contributed by atoms with Crippen LogP contribution >= 0.6 is 11.6 Å². The number of amides is 1. The van der Waals surface area contributed by atoms with Crippen LogP contribution < -0.4 is 9.62 Å². The molecule has 0 unspecified atom stereocenters. The van der Waals surface area contributed by atoms with Gasteiger partial charge in [0.15, 0.2) is 0 Å². The Morgan fingerprint density at radius 3 is 2.48 bits per heavy atom. The fourth-order valence-electron chi connectivity index (χ4n) is 2.56. The third-order valence-corrected chi connectivity index (χ3v) is 5.25.